The van der Waals surface area contributed by atoms with E-state index in [1.807, 2.05) is 23.1 Å². The zero-order chi connectivity index (χ0) is 32.7. The molecule has 2 heterocycles. The van der Waals surface area contributed by atoms with Crippen molar-refractivity contribution < 1.29 is 28.2 Å². The first-order valence-corrected chi connectivity index (χ1v) is 14.8. The van der Waals surface area contributed by atoms with Crippen LogP contribution in [0.2, 0.25) is 0 Å². The minimum Gasteiger partial charge on any atom is -0.504 e. The molecule has 0 bridgehead atoms. The van der Waals surface area contributed by atoms with E-state index < -0.39 is 11.6 Å². The number of halogens is 2. The third-order valence-corrected chi connectivity index (χ3v) is 7.98. The Morgan fingerprint density at radius 2 is 1.78 bits per heavy atom. The lowest BCUT2D eigenvalue weighted by atomic mass is 9.82. The van der Waals surface area contributed by atoms with E-state index in [0.29, 0.717) is 42.6 Å². The largest absolute Gasteiger partial charge is 0.504 e. The van der Waals surface area contributed by atoms with Crippen LogP contribution in [0.4, 0.5) is 20.3 Å². The van der Waals surface area contributed by atoms with Crippen LogP contribution in [0.15, 0.2) is 91.4 Å². The van der Waals surface area contributed by atoms with Crippen LogP contribution in [0.3, 0.4) is 0 Å². The summed E-state index contributed by atoms with van der Waals surface area (Å²) in [6.45, 7) is 4.04. The van der Waals surface area contributed by atoms with Gasteiger partial charge in [-0.1, -0.05) is 25.1 Å². The molecule has 5 rings (SSSR count). The first kappa shape index (κ1) is 32.2. The molecule has 1 aromatic heterocycles. The van der Waals surface area contributed by atoms with Crippen molar-refractivity contribution in [1.29, 1.82) is 0 Å². The number of methoxy groups -OCH3 is 1. The van der Waals surface area contributed by atoms with Gasteiger partial charge in [0.15, 0.2) is 11.5 Å². The average molecular weight is 627 g/mol. The highest BCUT2D eigenvalue weighted by atomic mass is 19.1. The fourth-order valence-corrected chi connectivity index (χ4v) is 5.23. The number of ether oxygens (including phenoxy) is 2. The van der Waals surface area contributed by atoms with Gasteiger partial charge >= 0.3 is 0 Å². The fraction of sp³-hybridized carbons (Fsp3) is 0.222. The summed E-state index contributed by atoms with van der Waals surface area (Å²) in [5.41, 5.74) is 10.1. The topological polar surface area (TPSA) is 110 Å². The van der Waals surface area contributed by atoms with Crippen LogP contribution in [-0.2, 0) is 9.53 Å². The van der Waals surface area contributed by atoms with Crippen molar-refractivity contribution in [3.8, 4) is 33.8 Å². The number of anilines is 2. The number of phenolic OH excluding ortho intramolecular Hbond substituents is 1. The Morgan fingerprint density at radius 1 is 1.04 bits per heavy atom. The Balaban J connectivity index is 1.29. The molecule has 0 spiro atoms. The molecule has 0 aliphatic carbocycles. The molecule has 1 amide bonds. The number of phenols is 1. The van der Waals surface area contributed by atoms with E-state index in [1.54, 1.807) is 55.0 Å². The second-order valence-corrected chi connectivity index (χ2v) is 11.5. The summed E-state index contributed by atoms with van der Waals surface area (Å²) in [7, 11) is 1.49. The number of hydrogen-bond acceptors (Lipinski definition) is 7. The van der Waals surface area contributed by atoms with E-state index in [-0.39, 0.29) is 22.6 Å². The molecular weight excluding hydrogens is 590 g/mol. The SMILES string of the molecule is COc1cc(-c2cnc(N)c(-c3ccc(NC(=O)/C=C/N(/C=C/c4ccc(F)cc4F)CC4(C)CCOCC4)cc3)c2)ccc1O. The van der Waals surface area contributed by atoms with Crippen LogP contribution in [-0.4, -0.2) is 47.8 Å². The first-order chi connectivity index (χ1) is 22.1. The number of hydrogen-bond donors (Lipinski definition) is 3. The second kappa shape index (κ2) is 14.3. The maximum absolute atomic E-state index is 14.3. The first-order valence-electron chi connectivity index (χ1n) is 14.8. The van der Waals surface area contributed by atoms with Gasteiger partial charge in [0, 0.05) is 72.9 Å². The normalized spacial score (nSPS) is 14.4. The molecule has 1 fully saturated rings. The number of carbonyl (C=O) groups excluding carboxylic acids is 1. The van der Waals surface area contributed by atoms with Gasteiger partial charge in [-0.15, -0.1) is 0 Å². The van der Waals surface area contributed by atoms with Crippen LogP contribution in [0, 0.1) is 17.0 Å². The summed E-state index contributed by atoms with van der Waals surface area (Å²) in [4.78, 5) is 19.1. The highest BCUT2D eigenvalue weighted by Crippen LogP contribution is 2.35. The number of benzene rings is 3. The number of nitrogens with one attached hydrogen (secondary N) is 1. The van der Waals surface area contributed by atoms with Crippen molar-refractivity contribution in [2.75, 3.05) is 37.9 Å². The maximum atomic E-state index is 14.3. The Bertz CT molecular complexity index is 1750. The number of nitrogens with zero attached hydrogens (tertiary/aromatic N) is 2. The molecule has 4 N–H and O–H groups in total. The molecule has 3 aromatic carbocycles. The number of pyridine rings is 1. The van der Waals surface area contributed by atoms with Crippen molar-refractivity contribution in [2.45, 2.75) is 19.8 Å². The predicted molar refractivity (Wildman–Crippen MR) is 176 cm³/mol. The molecule has 4 aromatic rings. The zero-order valence-electron chi connectivity index (χ0n) is 25.7. The highest BCUT2D eigenvalue weighted by molar-refractivity contribution is 5.99. The van der Waals surface area contributed by atoms with Gasteiger partial charge < -0.3 is 30.5 Å². The number of carbonyl (C=O) groups is 1. The summed E-state index contributed by atoms with van der Waals surface area (Å²) in [5, 5.41) is 12.8. The standard InChI is InChI=1S/C36H36F2N4O4/c1-36(13-17-46-18-14-36)23-42(15-11-25-3-7-28(37)21-31(25)38)16-12-34(44)41-29-8-4-24(5-9-29)30-19-27(22-40-35(30)39)26-6-10-32(43)33(20-26)45-2/h3-12,15-16,19-22,43H,13-14,17-18,23H2,1-2H3,(H2,39,40)(H,41,44)/b15-11+,16-12+. The Morgan fingerprint density at radius 3 is 2.50 bits per heavy atom. The van der Waals surface area contributed by atoms with E-state index in [9.17, 15) is 18.7 Å². The van der Waals surface area contributed by atoms with E-state index in [2.05, 4.69) is 17.2 Å². The van der Waals surface area contributed by atoms with Gasteiger partial charge in [0.25, 0.3) is 0 Å². The van der Waals surface area contributed by atoms with E-state index in [1.165, 1.54) is 25.3 Å². The molecule has 0 saturated carbocycles. The lowest BCUT2D eigenvalue weighted by Gasteiger charge is -2.36. The monoisotopic (exact) mass is 626 g/mol. The minimum atomic E-state index is -0.663. The maximum Gasteiger partial charge on any atom is 0.249 e. The van der Waals surface area contributed by atoms with Crippen molar-refractivity contribution in [1.82, 2.24) is 9.88 Å². The Hall–Kier alpha value is -5.22. The van der Waals surface area contributed by atoms with Crippen LogP contribution in [0.5, 0.6) is 11.5 Å². The molecule has 0 unspecified atom stereocenters. The van der Waals surface area contributed by atoms with Crippen LogP contribution < -0.4 is 15.8 Å². The molecule has 10 heteroatoms. The third-order valence-electron chi connectivity index (χ3n) is 7.98. The van der Waals surface area contributed by atoms with Gasteiger partial charge in [0.05, 0.1) is 7.11 Å². The van der Waals surface area contributed by atoms with Crippen molar-refractivity contribution in [3.05, 3.63) is 109 Å². The summed E-state index contributed by atoms with van der Waals surface area (Å²) < 4.78 is 38.4. The molecular formula is C36H36F2N4O4. The highest BCUT2D eigenvalue weighted by Gasteiger charge is 2.28. The lowest BCUT2D eigenvalue weighted by molar-refractivity contribution is -0.112. The van der Waals surface area contributed by atoms with Gasteiger partial charge in [-0.25, -0.2) is 13.8 Å². The summed E-state index contributed by atoms with van der Waals surface area (Å²) in [6.07, 6.45) is 9.67. The van der Waals surface area contributed by atoms with Gasteiger partial charge in [0.1, 0.15) is 17.5 Å². The number of amides is 1. The number of aromatic nitrogens is 1. The molecule has 0 atom stereocenters. The second-order valence-electron chi connectivity index (χ2n) is 11.5. The Kier molecular flexibility index (Phi) is 9.97. The molecule has 1 aliphatic rings. The molecule has 1 saturated heterocycles. The third kappa shape index (κ3) is 8.08. The van der Waals surface area contributed by atoms with Crippen molar-refractivity contribution in [2.24, 2.45) is 5.41 Å². The smallest absolute Gasteiger partial charge is 0.249 e. The van der Waals surface area contributed by atoms with E-state index >= 15 is 0 Å². The summed E-state index contributed by atoms with van der Waals surface area (Å²) in [6, 6.07) is 17.6. The van der Waals surface area contributed by atoms with Gasteiger partial charge in [-0.05, 0) is 77.9 Å². The van der Waals surface area contributed by atoms with Gasteiger partial charge in [0.2, 0.25) is 5.91 Å². The van der Waals surface area contributed by atoms with E-state index in [0.717, 1.165) is 35.6 Å². The minimum absolute atomic E-state index is 0.0422. The Labute approximate surface area is 266 Å². The van der Waals surface area contributed by atoms with Gasteiger partial charge in [-0.2, -0.15) is 0 Å². The van der Waals surface area contributed by atoms with Gasteiger partial charge in [-0.3, -0.25) is 4.79 Å². The number of nitrogen functional groups attached to an aromatic ring is 1. The number of nitrogens with two attached hydrogens (primary N) is 1. The molecule has 0 radical (unpaired) electrons. The zero-order valence-corrected chi connectivity index (χ0v) is 25.7. The molecule has 238 valence electrons. The van der Waals surface area contributed by atoms with Crippen LogP contribution in [0.1, 0.15) is 25.3 Å². The lowest BCUT2D eigenvalue weighted by Crippen LogP contribution is -2.35. The average Bonchev–Trinajstić information content (AvgIpc) is 3.04. The number of rotatable bonds is 10. The summed E-state index contributed by atoms with van der Waals surface area (Å²) >= 11 is 0. The summed E-state index contributed by atoms with van der Waals surface area (Å²) in [5.74, 6) is -0.913. The fourth-order valence-electron chi connectivity index (χ4n) is 5.23. The predicted octanol–water partition coefficient (Wildman–Crippen LogP) is 7.23. The molecule has 1 aliphatic heterocycles. The van der Waals surface area contributed by atoms with Crippen molar-refractivity contribution >= 4 is 23.5 Å². The van der Waals surface area contributed by atoms with Crippen LogP contribution >= 0.6 is 0 Å². The molecule has 46 heavy (non-hydrogen) atoms. The van der Waals surface area contributed by atoms with Crippen LogP contribution in [0.25, 0.3) is 28.3 Å². The van der Waals surface area contributed by atoms with Crippen molar-refractivity contribution in [3.63, 3.8) is 0 Å². The number of aromatic hydroxyl groups is 1. The quantitative estimate of drug-likeness (QED) is 0.159. The molecule has 8 nitrogen and oxygen atoms in total. The van der Waals surface area contributed by atoms with E-state index in [4.69, 9.17) is 15.2 Å².